The van der Waals surface area contributed by atoms with E-state index in [-0.39, 0.29) is 18.4 Å². The molecular formula is C15H17Cl2NO4. The van der Waals surface area contributed by atoms with Crippen molar-refractivity contribution in [2.24, 2.45) is 11.8 Å². The van der Waals surface area contributed by atoms with Gasteiger partial charge in [-0.1, -0.05) is 30.1 Å². The van der Waals surface area contributed by atoms with Crippen LogP contribution in [0, 0.1) is 11.8 Å². The van der Waals surface area contributed by atoms with E-state index < -0.39 is 11.9 Å². The zero-order valence-corrected chi connectivity index (χ0v) is 13.6. The molecule has 0 radical (unpaired) electrons. The molecule has 5 nitrogen and oxygen atoms in total. The molecule has 1 saturated heterocycles. The van der Waals surface area contributed by atoms with Crippen molar-refractivity contribution in [3.05, 3.63) is 28.2 Å². The van der Waals surface area contributed by atoms with Crippen LogP contribution in [0.3, 0.4) is 0 Å². The third kappa shape index (κ3) is 4.27. The molecule has 2 unspecified atom stereocenters. The summed E-state index contributed by atoms with van der Waals surface area (Å²) in [5.41, 5.74) is 0. The molecule has 1 fully saturated rings. The molecule has 1 heterocycles. The first-order valence-corrected chi connectivity index (χ1v) is 7.72. The predicted molar refractivity (Wildman–Crippen MR) is 83.4 cm³/mol. The number of amides is 1. The Kier molecular flexibility index (Phi) is 5.53. The number of aliphatic carboxylic acids is 1. The van der Waals surface area contributed by atoms with E-state index in [0.29, 0.717) is 35.3 Å². The minimum Gasteiger partial charge on any atom is -0.484 e. The number of hydrogen-bond acceptors (Lipinski definition) is 3. The minimum atomic E-state index is -0.801. The smallest absolute Gasteiger partial charge is 0.306 e. The number of carbonyl (C=O) groups excluding carboxylic acids is 1. The summed E-state index contributed by atoms with van der Waals surface area (Å²) in [6.45, 7) is 2.58. The highest BCUT2D eigenvalue weighted by atomic mass is 35.5. The highest BCUT2D eigenvalue weighted by molar-refractivity contribution is 6.34. The molecule has 2 rings (SSSR count). The van der Waals surface area contributed by atoms with Gasteiger partial charge in [0.2, 0.25) is 0 Å². The first-order valence-electron chi connectivity index (χ1n) is 6.96. The molecule has 1 aromatic rings. The van der Waals surface area contributed by atoms with Gasteiger partial charge in [-0.05, 0) is 30.5 Å². The molecule has 0 spiro atoms. The predicted octanol–water partition coefficient (Wildman–Crippen LogP) is 2.94. The van der Waals surface area contributed by atoms with Crippen molar-refractivity contribution >= 4 is 35.1 Å². The molecule has 1 aliphatic rings. The molecule has 2 atom stereocenters. The van der Waals surface area contributed by atoms with Crippen LogP contribution in [0.25, 0.3) is 0 Å². The maximum absolute atomic E-state index is 12.2. The fourth-order valence-corrected chi connectivity index (χ4v) is 3.09. The number of carboxylic acid groups (broad SMARTS) is 1. The molecule has 0 aromatic heterocycles. The number of hydrogen-bond donors (Lipinski definition) is 1. The molecule has 7 heteroatoms. The van der Waals surface area contributed by atoms with Crippen LogP contribution in [0.15, 0.2) is 18.2 Å². The zero-order chi connectivity index (χ0) is 16.3. The summed E-state index contributed by atoms with van der Waals surface area (Å²) in [7, 11) is 0. The van der Waals surface area contributed by atoms with Gasteiger partial charge in [0.1, 0.15) is 5.75 Å². The minimum absolute atomic E-state index is 0.0733. The van der Waals surface area contributed by atoms with Crippen LogP contribution in [0.1, 0.15) is 13.3 Å². The van der Waals surface area contributed by atoms with Crippen LogP contribution in [0.4, 0.5) is 0 Å². The van der Waals surface area contributed by atoms with Crippen molar-refractivity contribution in [1.82, 2.24) is 4.90 Å². The number of halogens is 2. The Bertz CT molecular complexity index is 558. The molecular weight excluding hydrogens is 329 g/mol. The van der Waals surface area contributed by atoms with E-state index in [1.807, 2.05) is 6.92 Å². The van der Waals surface area contributed by atoms with E-state index in [1.165, 1.54) is 0 Å². The Morgan fingerprint density at radius 1 is 1.32 bits per heavy atom. The molecule has 120 valence electrons. The van der Waals surface area contributed by atoms with E-state index in [1.54, 1.807) is 23.1 Å². The average molecular weight is 346 g/mol. The number of nitrogens with zero attached hydrogens (tertiary/aromatic N) is 1. The van der Waals surface area contributed by atoms with Crippen molar-refractivity contribution < 1.29 is 19.4 Å². The highest BCUT2D eigenvalue weighted by Crippen LogP contribution is 2.25. The average Bonchev–Trinajstić information content (AvgIpc) is 2.43. The van der Waals surface area contributed by atoms with E-state index >= 15 is 0 Å². The normalized spacial score (nSPS) is 21.5. The van der Waals surface area contributed by atoms with Crippen molar-refractivity contribution in [3.8, 4) is 5.75 Å². The van der Waals surface area contributed by atoms with Crippen LogP contribution in [-0.2, 0) is 9.59 Å². The molecule has 1 amide bonds. The lowest BCUT2D eigenvalue weighted by Gasteiger charge is -2.34. The van der Waals surface area contributed by atoms with Gasteiger partial charge in [-0.25, -0.2) is 0 Å². The molecule has 0 saturated carbocycles. The first-order chi connectivity index (χ1) is 10.4. The number of carboxylic acids is 1. The van der Waals surface area contributed by atoms with Crippen molar-refractivity contribution in [2.45, 2.75) is 13.3 Å². The van der Waals surface area contributed by atoms with Crippen molar-refractivity contribution in [2.75, 3.05) is 19.7 Å². The highest BCUT2D eigenvalue weighted by Gasteiger charge is 2.32. The first kappa shape index (κ1) is 16.9. The van der Waals surface area contributed by atoms with Crippen LogP contribution in [0.5, 0.6) is 5.75 Å². The molecule has 0 aliphatic carbocycles. The van der Waals surface area contributed by atoms with E-state index in [2.05, 4.69) is 0 Å². The van der Waals surface area contributed by atoms with Crippen molar-refractivity contribution in [1.29, 1.82) is 0 Å². The number of rotatable bonds is 4. The van der Waals surface area contributed by atoms with Crippen LogP contribution < -0.4 is 4.74 Å². The maximum Gasteiger partial charge on any atom is 0.306 e. The second-order valence-corrected chi connectivity index (χ2v) is 6.32. The lowest BCUT2D eigenvalue weighted by molar-refractivity contribution is -0.148. The van der Waals surface area contributed by atoms with Gasteiger partial charge in [0.05, 0.1) is 5.92 Å². The van der Waals surface area contributed by atoms with E-state index in [4.69, 9.17) is 33.0 Å². The van der Waals surface area contributed by atoms with Gasteiger partial charge >= 0.3 is 5.97 Å². The van der Waals surface area contributed by atoms with Gasteiger partial charge in [0.25, 0.3) is 5.91 Å². The topological polar surface area (TPSA) is 66.8 Å². The number of likely N-dealkylation sites (tertiary alicyclic amines) is 1. The maximum atomic E-state index is 12.2. The third-order valence-corrected chi connectivity index (χ3v) is 4.21. The Morgan fingerprint density at radius 3 is 2.50 bits per heavy atom. The van der Waals surface area contributed by atoms with Gasteiger partial charge in [-0.2, -0.15) is 0 Å². The Morgan fingerprint density at radius 2 is 1.95 bits per heavy atom. The third-order valence-electron chi connectivity index (χ3n) is 3.77. The number of carbonyl (C=O) groups is 2. The van der Waals surface area contributed by atoms with Gasteiger partial charge in [-0.15, -0.1) is 0 Å². The fourth-order valence-electron chi connectivity index (χ4n) is 2.59. The summed E-state index contributed by atoms with van der Waals surface area (Å²) in [5.74, 6) is -1.01. The fraction of sp³-hybridized carbons (Fsp3) is 0.467. The lowest BCUT2D eigenvalue weighted by atomic mass is 9.87. The Hall–Kier alpha value is -1.46. The second-order valence-electron chi connectivity index (χ2n) is 5.44. The molecule has 1 N–H and O–H groups in total. The van der Waals surface area contributed by atoms with Gasteiger partial charge < -0.3 is 14.7 Å². The summed E-state index contributed by atoms with van der Waals surface area (Å²) >= 11 is 11.7. The summed E-state index contributed by atoms with van der Waals surface area (Å²) in [5, 5.41) is 9.96. The van der Waals surface area contributed by atoms with Crippen LogP contribution in [-0.4, -0.2) is 41.6 Å². The van der Waals surface area contributed by atoms with Gasteiger partial charge in [-0.3, -0.25) is 9.59 Å². The summed E-state index contributed by atoms with van der Waals surface area (Å²) < 4.78 is 5.42. The van der Waals surface area contributed by atoms with Gasteiger partial charge in [0.15, 0.2) is 6.61 Å². The molecule has 0 bridgehead atoms. The lowest BCUT2D eigenvalue weighted by Crippen LogP contribution is -2.46. The number of piperidine rings is 1. The molecule has 22 heavy (non-hydrogen) atoms. The summed E-state index contributed by atoms with van der Waals surface area (Å²) in [4.78, 5) is 24.8. The van der Waals surface area contributed by atoms with E-state index in [9.17, 15) is 9.59 Å². The monoisotopic (exact) mass is 345 g/mol. The SMILES string of the molecule is CC1CN(C(=O)COc2cc(Cl)cc(Cl)c2)CCC1C(=O)O. The Balaban J connectivity index is 1.89. The van der Waals surface area contributed by atoms with Crippen molar-refractivity contribution in [3.63, 3.8) is 0 Å². The standard InChI is InChI=1S/C15H17Cl2NO4/c1-9-7-18(3-2-13(9)15(20)21)14(19)8-22-12-5-10(16)4-11(17)6-12/h4-6,9,13H,2-3,7-8H2,1H3,(H,20,21). The quantitative estimate of drug-likeness (QED) is 0.910. The summed E-state index contributed by atoms with van der Waals surface area (Å²) in [6, 6.07) is 4.75. The molecule has 1 aromatic carbocycles. The van der Waals surface area contributed by atoms with Crippen LogP contribution in [0.2, 0.25) is 10.0 Å². The molecule has 1 aliphatic heterocycles. The van der Waals surface area contributed by atoms with Crippen LogP contribution >= 0.6 is 23.2 Å². The number of ether oxygens (including phenoxy) is 1. The largest absolute Gasteiger partial charge is 0.484 e. The summed E-state index contributed by atoms with van der Waals surface area (Å²) in [6.07, 6.45) is 0.464. The Labute approximate surface area is 138 Å². The van der Waals surface area contributed by atoms with Gasteiger partial charge in [0, 0.05) is 23.1 Å². The second kappa shape index (κ2) is 7.20. The zero-order valence-electron chi connectivity index (χ0n) is 12.1. The number of benzene rings is 1. The van der Waals surface area contributed by atoms with E-state index in [0.717, 1.165) is 0 Å².